The Hall–Kier alpha value is -3.38. The zero-order chi connectivity index (χ0) is 36.2. The van der Waals surface area contributed by atoms with E-state index in [1.54, 1.807) is 0 Å². The third-order valence-corrected chi connectivity index (χ3v) is 9.83. The number of nitrogens with zero attached hydrogens (tertiary/aromatic N) is 1. The lowest BCUT2D eigenvalue weighted by Gasteiger charge is -2.13. The zero-order valence-electron chi connectivity index (χ0n) is 22.4. The molecule has 0 aromatic heterocycles. The Balaban J connectivity index is 0.000000595. The van der Waals surface area contributed by atoms with Gasteiger partial charge in [-0.2, -0.15) is 64.8 Å². The summed E-state index contributed by atoms with van der Waals surface area (Å²) >= 11 is 0. The van der Waals surface area contributed by atoms with Gasteiger partial charge in [0.25, 0.3) is 0 Å². The van der Waals surface area contributed by atoms with Gasteiger partial charge in [0.05, 0.1) is 13.7 Å². The fourth-order valence-electron chi connectivity index (χ4n) is 2.71. The molecule has 0 saturated carbocycles. The average Bonchev–Trinajstić information content (AvgIpc) is 2.87. The van der Waals surface area contributed by atoms with E-state index in [1.807, 2.05) is 3.63 Å². The first-order valence-electron chi connectivity index (χ1n) is 11.0. The van der Waals surface area contributed by atoms with Gasteiger partial charge < -0.3 is 8.92 Å². The summed E-state index contributed by atoms with van der Waals surface area (Å²) in [7, 11) is -22.2. The maximum Gasteiger partial charge on any atom is 0.534 e. The molecule has 2 aromatic rings. The van der Waals surface area contributed by atoms with E-state index in [0.717, 1.165) is 12.1 Å². The molecule has 1 N–H and O–H groups in total. The number of benzene rings is 2. The number of alkyl halides is 9. The van der Waals surface area contributed by atoms with Gasteiger partial charge >= 0.3 is 46.9 Å². The van der Waals surface area contributed by atoms with Crippen LogP contribution in [0.5, 0.6) is 11.5 Å². The largest absolute Gasteiger partial charge is 0.534 e. The number of aryl methyl sites for hydroxylation is 1. The maximum absolute atomic E-state index is 12.6. The van der Waals surface area contributed by atoms with Gasteiger partial charge in [-0.1, -0.05) is 12.1 Å². The minimum Gasteiger partial charge on any atom is -0.495 e. The number of rotatable bonds is 10. The van der Waals surface area contributed by atoms with Gasteiger partial charge in [-0.05, 0) is 48.7 Å². The summed E-state index contributed by atoms with van der Waals surface area (Å²) in [5.41, 5.74) is -17.0. The van der Waals surface area contributed by atoms with Crippen LogP contribution in [-0.4, -0.2) is 63.9 Å². The number of halogens is 9. The fraction of sp³-hybridized carbons (Fsp3) is 0.350. The van der Waals surface area contributed by atoms with E-state index in [0.29, 0.717) is 11.1 Å². The number of methoxy groups -OCH3 is 1. The lowest BCUT2D eigenvalue weighted by Crippen LogP contribution is -2.34. The predicted octanol–water partition coefficient (Wildman–Crippen LogP) is 4.01. The van der Waals surface area contributed by atoms with E-state index in [-0.39, 0.29) is 29.3 Å². The molecule has 0 amide bonds. The average molecular weight is 761 g/mol. The standard InChI is InChI=1S/C18H17F3N2O6S2.C2F6O5S2/c1-12-10-15(29-31(26,27)18(19,20)21)6-4-13(12)8-9-23-30(24,25)17-11-14(22-2)5-7-16(17)28-3;3-1(4,5)14(9,10)13-15(11,12)2(6,7)8/h4-7,10-11,23H,8-9H2,1,3H3;. The minimum absolute atomic E-state index is 0.0588. The Kier molecular flexibility index (Phi) is 12.5. The normalized spacial score (nSPS) is 13.3. The van der Waals surface area contributed by atoms with Crippen LogP contribution in [0.1, 0.15) is 11.1 Å². The fourth-order valence-corrected chi connectivity index (χ4v) is 5.94. The number of nitrogens with one attached hydrogen (secondary N) is 1. The van der Waals surface area contributed by atoms with Gasteiger partial charge in [0.15, 0.2) is 5.69 Å². The Morgan fingerprint density at radius 1 is 0.761 bits per heavy atom. The van der Waals surface area contributed by atoms with Crippen molar-refractivity contribution in [3.63, 3.8) is 0 Å². The van der Waals surface area contributed by atoms with Gasteiger partial charge in [-0.3, -0.25) is 0 Å². The molecule has 0 aliphatic carbocycles. The van der Waals surface area contributed by atoms with Crippen LogP contribution in [0.4, 0.5) is 45.2 Å². The molecule has 0 bridgehead atoms. The quantitative estimate of drug-likeness (QED) is 0.160. The summed E-state index contributed by atoms with van der Waals surface area (Å²) in [5.74, 6) is -0.455. The Morgan fingerprint density at radius 3 is 1.67 bits per heavy atom. The maximum atomic E-state index is 12.6. The van der Waals surface area contributed by atoms with Crippen LogP contribution in [-0.2, 0) is 50.4 Å². The zero-order valence-corrected chi connectivity index (χ0v) is 25.6. The van der Waals surface area contributed by atoms with Crippen LogP contribution in [0.15, 0.2) is 41.3 Å². The summed E-state index contributed by atoms with van der Waals surface area (Å²) in [5, 5.41) is 0. The Labute approximate surface area is 255 Å². The van der Waals surface area contributed by atoms with Gasteiger partial charge in [-0.15, -0.1) is 3.63 Å². The summed E-state index contributed by atoms with van der Waals surface area (Å²) in [6, 6.07) is 7.44. The van der Waals surface area contributed by atoms with Crippen molar-refractivity contribution in [2.75, 3.05) is 13.7 Å². The SMILES string of the molecule is O=S(=O)(OS(=O)(=O)C(F)(F)F)C(F)(F)F.[C-]#[N+]c1ccc(OC)c(S(=O)(=O)NCCc2ccc(OS(=O)(=O)C(F)(F)F)cc2C)c1. The smallest absolute Gasteiger partial charge is 0.495 e. The molecule has 2 aromatic carbocycles. The van der Waals surface area contributed by atoms with Gasteiger partial charge in [0, 0.05) is 6.54 Å². The molecule has 0 aliphatic rings. The minimum atomic E-state index is -6.85. The summed E-state index contributed by atoms with van der Waals surface area (Å²) < 4.78 is 206. The molecule has 46 heavy (non-hydrogen) atoms. The molecule has 0 heterocycles. The first kappa shape index (κ1) is 40.6. The molecule has 2 rings (SSSR count). The number of sulfonamides is 1. The van der Waals surface area contributed by atoms with E-state index >= 15 is 0 Å². The Morgan fingerprint density at radius 2 is 1.26 bits per heavy atom. The second-order valence-corrected chi connectivity index (χ2v) is 14.6. The van der Waals surface area contributed by atoms with Crippen molar-refractivity contribution in [2.45, 2.75) is 34.8 Å². The third kappa shape index (κ3) is 10.6. The van der Waals surface area contributed by atoms with Gasteiger partial charge in [-0.25, -0.2) is 18.0 Å². The second kappa shape index (κ2) is 14.2. The van der Waals surface area contributed by atoms with Crippen molar-refractivity contribution in [1.29, 1.82) is 0 Å². The number of ether oxygens (including phenoxy) is 1. The van der Waals surface area contributed by atoms with Crippen LogP contribution in [0.2, 0.25) is 0 Å². The van der Waals surface area contributed by atoms with Crippen molar-refractivity contribution in [3.8, 4) is 11.5 Å². The molecular weight excluding hydrogens is 743 g/mol. The Bertz CT molecular complexity index is 1860. The predicted molar refractivity (Wildman–Crippen MR) is 136 cm³/mol. The molecule has 0 unspecified atom stereocenters. The molecule has 13 nitrogen and oxygen atoms in total. The highest BCUT2D eigenvalue weighted by molar-refractivity contribution is 8.00. The third-order valence-electron chi connectivity index (χ3n) is 4.80. The highest BCUT2D eigenvalue weighted by atomic mass is 32.3. The first-order chi connectivity index (χ1) is 20.5. The molecular formula is C20H17F9N2O11S4. The van der Waals surface area contributed by atoms with E-state index in [9.17, 15) is 73.2 Å². The van der Waals surface area contributed by atoms with Crippen molar-refractivity contribution in [1.82, 2.24) is 4.72 Å². The van der Waals surface area contributed by atoms with Crippen LogP contribution in [0, 0.1) is 13.5 Å². The molecule has 0 saturated heterocycles. The van der Waals surface area contributed by atoms with Crippen molar-refractivity contribution < 1.29 is 85.7 Å². The highest BCUT2D eigenvalue weighted by Gasteiger charge is 2.57. The first-order valence-corrected chi connectivity index (χ1v) is 16.7. The number of hydrogen-bond acceptors (Lipinski definition) is 11. The lowest BCUT2D eigenvalue weighted by atomic mass is 10.1. The van der Waals surface area contributed by atoms with Gasteiger partial charge in [0.1, 0.15) is 16.4 Å². The van der Waals surface area contributed by atoms with Crippen LogP contribution in [0.3, 0.4) is 0 Å². The van der Waals surface area contributed by atoms with Crippen molar-refractivity contribution in [2.24, 2.45) is 0 Å². The van der Waals surface area contributed by atoms with Crippen LogP contribution in [0.25, 0.3) is 4.85 Å². The monoisotopic (exact) mass is 760 g/mol. The van der Waals surface area contributed by atoms with E-state index in [1.165, 1.54) is 38.3 Å². The summed E-state index contributed by atoms with van der Waals surface area (Å²) in [4.78, 5) is 2.98. The van der Waals surface area contributed by atoms with Gasteiger partial charge in [0.2, 0.25) is 10.0 Å². The molecule has 260 valence electrons. The topological polar surface area (TPSA) is 181 Å². The lowest BCUT2D eigenvalue weighted by molar-refractivity contribution is -0.0586. The summed E-state index contributed by atoms with van der Waals surface area (Å²) in [6.45, 7) is 8.45. The van der Waals surface area contributed by atoms with E-state index in [2.05, 4.69) is 13.8 Å². The van der Waals surface area contributed by atoms with Crippen LogP contribution < -0.4 is 13.6 Å². The number of hydrogen-bond donors (Lipinski definition) is 1. The molecule has 0 atom stereocenters. The van der Waals surface area contributed by atoms with Crippen molar-refractivity contribution in [3.05, 3.63) is 58.9 Å². The molecule has 26 heteroatoms. The van der Waals surface area contributed by atoms with Crippen molar-refractivity contribution >= 4 is 46.1 Å². The van der Waals surface area contributed by atoms with Crippen LogP contribution >= 0.6 is 0 Å². The molecule has 0 aliphatic heterocycles. The molecule has 0 fully saturated rings. The van der Waals surface area contributed by atoms with E-state index in [4.69, 9.17) is 11.3 Å². The highest BCUT2D eigenvalue weighted by Crippen LogP contribution is 2.32. The summed E-state index contributed by atoms with van der Waals surface area (Å²) in [6.07, 6.45) is 0.155. The second-order valence-electron chi connectivity index (χ2n) is 8.03. The molecule has 0 spiro atoms. The van der Waals surface area contributed by atoms with E-state index < -0.39 is 62.7 Å². The molecule has 0 radical (unpaired) electrons.